The maximum atomic E-state index is 12.6. The molecular formula is C15H20BrN3O2. The molecule has 5 nitrogen and oxygen atoms in total. The highest BCUT2D eigenvalue weighted by molar-refractivity contribution is 9.10. The lowest BCUT2D eigenvalue weighted by Gasteiger charge is -2.31. The van der Waals surface area contributed by atoms with Gasteiger partial charge in [-0.1, -0.05) is 28.1 Å². The van der Waals surface area contributed by atoms with Crippen molar-refractivity contribution in [2.75, 3.05) is 6.54 Å². The predicted molar refractivity (Wildman–Crippen MR) is 84.1 cm³/mol. The smallest absolute Gasteiger partial charge is 0.243 e. The van der Waals surface area contributed by atoms with E-state index in [0.717, 1.165) is 22.9 Å². The third kappa shape index (κ3) is 4.04. The topological polar surface area (TPSA) is 89.4 Å². The second-order valence-corrected chi connectivity index (χ2v) is 6.73. The number of amides is 2. The Balaban J connectivity index is 2.15. The van der Waals surface area contributed by atoms with Gasteiger partial charge in [0, 0.05) is 11.0 Å². The monoisotopic (exact) mass is 353 g/mol. The summed E-state index contributed by atoms with van der Waals surface area (Å²) in [6.07, 6.45) is 1.92. The highest BCUT2D eigenvalue weighted by Gasteiger charge is 2.46. The Hall–Kier alpha value is -1.40. The molecule has 1 fully saturated rings. The van der Waals surface area contributed by atoms with Crippen molar-refractivity contribution >= 4 is 27.7 Å². The normalized spacial score (nSPS) is 17.1. The number of halogens is 1. The summed E-state index contributed by atoms with van der Waals surface area (Å²) in [6.45, 7) is 1.95. The van der Waals surface area contributed by atoms with Crippen LogP contribution in [0.15, 0.2) is 28.7 Å². The lowest BCUT2D eigenvalue weighted by molar-refractivity contribution is -0.140. The Morgan fingerprint density at radius 1 is 1.33 bits per heavy atom. The van der Waals surface area contributed by atoms with E-state index in [9.17, 15) is 9.59 Å². The van der Waals surface area contributed by atoms with Gasteiger partial charge >= 0.3 is 0 Å². The van der Waals surface area contributed by atoms with Gasteiger partial charge in [-0.05, 0) is 43.4 Å². The van der Waals surface area contributed by atoms with Gasteiger partial charge < -0.3 is 16.4 Å². The van der Waals surface area contributed by atoms with E-state index in [2.05, 4.69) is 15.9 Å². The van der Waals surface area contributed by atoms with Crippen molar-refractivity contribution in [1.82, 2.24) is 4.90 Å². The van der Waals surface area contributed by atoms with Crippen molar-refractivity contribution in [3.8, 4) is 0 Å². The van der Waals surface area contributed by atoms with Gasteiger partial charge in [0.1, 0.15) is 0 Å². The summed E-state index contributed by atoms with van der Waals surface area (Å²) in [5.41, 5.74) is 11.4. The molecule has 1 aromatic carbocycles. The van der Waals surface area contributed by atoms with Crippen LogP contribution in [-0.4, -0.2) is 28.8 Å². The van der Waals surface area contributed by atoms with Crippen LogP contribution in [0.1, 0.15) is 25.3 Å². The molecule has 0 bridgehead atoms. The van der Waals surface area contributed by atoms with E-state index in [0.29, 0.717) is 6.54 Å². The Morgan fingerprint density at radius 2 is 1.90 bits per heavy atom. The molecule has 1 aliphatic carbocycles. The van der Waals surface area contributed by atoms with Crippen molar-refractivity contribution < 1.29 is 9.59 Å². The number of rotatable bonds is 6. The van der Waals surface area contributed by atoms with Crippen molar-refractivity contribution in [3.63, 3.8) is 0 Å². The fourth-order valence-electron chi connectivity index (χ4n) is 2.40. The number of nitrogens with two attached hydrogens (primary N) is 2. The lowest BCUT2D eigenvalue weighted by Crippen LogP contribution is -2.56. The number of carbonyl (C=O) groups excluding carboxylic acids is 2. The Labute approximate surface area is 132 Å². The minimum Gasteiger partial charge on any atom is -0.368 e. The van der Waals surface area contributed by atoms with Crippen molar-refractivity contribution in [1.29, 1.82) is 0 Å². The number of benzene rings is 1. The minimum absolute atomic E-state index is 0.117. The summed E-state index contributed by atoms with van der Waals surface area (Å²) in [7, 11) is 0. The summed E-state index contributed by atoms with van der Waals surface area (Å²) >= 11 is 3.37. The first-order valence-corrected chi connectivity index (χ1v) is 7.71. The molecule has 1 saturated carbocycles. The number of hydrogen-bond donors (Lipinski definition) is 2. The van der Waals surface area contributed by atoms with E-state index in [4.69, 9.17) is 11.5 Å². The summed E-state index contributed by atoms with van der Waals surface area (Å²) in [5.74, 6) is -0.552. The van der Waals surface area contributed by atoms with Crippen LogP contribution in [0.2, 0.25) is 0 Å². The summed E-state index contributed by atoms with van der Waals surface area (Å²) < 4.78 is 0.959. The second kappa shape index (κ2) is 6.15. The molecule has 0 heterocycles. The number of primary amides is 1. The van der Waals surface area contributed by atoms with Gasteiger partial charge in [0.25, 0.3) is 0 Å². The second-order valence-electron chi connectivity index (χ2n) is 5.81. The molecule has 2 amide bonds. The first kappa shape index (κ1) is 16.0. The molecule has 1 aromatic rings. The van der Waals surface area contributed by atoms with Crippen molar-refractivity contribution in [3.05, 3.63) is 34.3 Å². The average molecular weight is 354 g/mol. The molecule has 4 N–H and O–H groups in total. The zero-order valence-corrected chi connectivity index (χ0v) is 13.6. The molecule has 0 aliphatic heterocycles. The highest BCUT2D eigenvalue weighted by Crippen LogP contribution is 2.39. The summed E-state index contributed by atoms with van der Waals surface area (Å²) in [6, 6.07) is 7.59. The zero-order chi connectivity index (χ0) is 15.6. The van der Waals surface area contributed by atoms with Crippen LogP contribution in [0.25, 0.3) is 0 Å². The van der Waals surface area contributed by atoms with Gasteiger partial charge in [-0.15, -0.1) is 0 Å². The molecule has 0 saturated heterocycles. The van der Waals surface area contributed by atoms with Crippen LogP contribution in [-0.2, 0) is 16.1 Å². The van der Waals surface area contributed by atoms with Crippen molar-refractivity contribution in [2.45, 2.75) is 31.8 Å². The number of hydrogen-bond acceptors (Lipinski definition) is 3. The molecule has 1 unspecified atom stereocenters. The maximum Gasteiger partial charge on any atom is 0.243 e. The highest BCUT2D eigenvalue weighted by atomic mass is 79.9. The molecule has 2 rings (SSSR count). The van der Waals surface area contributed by atoms with E-state index in [1.807, 2.05) is 24.3 Å². The van der Waals surface area contributed by atoms with Crippen LogP contribution in [0.3, 0.4) is 0 Å². The number of carbonyl (C=O) groups is 2. The van der Waals surface area contributed by atoms with Gasteiger partial charge in [-0.3, -0.25) is 9.59 Å². The first-order chi connectivity index (χ1) is 9.80. The van der Waals surface area contributed by atoms with Crippen LogP contribution >= 0.6 is 15.9 Å². The molecule has 114 valence electrons. The molecule has 1 aliphatic rings. The van der Waals surface area contributed by atoms with Gasteiger partial charge in [0.15, 0.2) is 0 Å². The van der Waals surface area contributed by atoms with E-state index >= 15 is 0 Å². The van der Waals surface area contributed by atoms with Crippen molar-refractivity contribution in [2.24, 2.45) is 17.4 Å². The van der Waals surface area contributed by atoms with E-state index in [1.54, 1.807) is 6.92 Å². The largest absolute Gasteiger partial charge is 0.368 e. The molecule has 21 heavy (non-hydrogen) atoms. The molecular weight excluding hydrogens is 334 g/mol. The fourth-order valence-corrected chi connectivity index (χ4v) is 2.66. The van der Waals surface area contributed by atoms with Gasteiger partial charge in [-0.2, -0.15) is 0 Å². The van der Waals surface area contributed by atoms with Gasteiger partial charge in [0.05, 0.1) is 12.1 Å². The lowest BCUT2D eigenvalue weighted by atomic mass is 9.95. The van der Waals surface area contributed by atoms with Gasteiger partial charge in [-0.25, -0.2) is 0 Å². The van der Waals surface area contributed by atoms with Gasteiger partial charge in [0.2, 0.25) is 11.8 Å². The van der Waals surface area contributed by atoms with E-state index in [-0.39, 0.29) is 18.4 Å². The SMILES string of the molecule is CC(N)(C(=O)N(CC(N)=O)Cc1ccc(Br)cc1)C1CC1. The molecule has 0 radical (unpaired) electrons. The molecule has 1 atom stereocenters. The summed E-state index contributed by atoms with van der Waals surface area (Å²) in [4.78, 5) is 25.3. The standard InChI is InChI=1S/C15H20BrN3O2/c1-15(18,11-4-5-11)14(21)19(9-13(17)20)8-10-2-6-12(16)7-3-10/h2-3,6-7,11H,4-5,8-9,18H2,1H3,(H2,17,20). The van der Waals surface area contributed by atoms with Crippen LogP contribution in [0.5, 0.6) is 0 Å². The number of nitrogens with zero attached hydrogens (tertiary/aromatic N) is 1. The van der Waals surface area contributed by atoms with Crippen LogP contribution in [0, 0.1) is 5.92 Å². The maximum absolute atomic E-state index is 12.6. The van der Waals surface area contributed by atoms with Crippen LogP contribution in [0.4, 0.5) is 0 Å². The predicted octanol–water partition coefficient (Wildman–Crippen LogP) is 1.39. The molecule has 6 heteroatoms. The van der Waals surface area contributed by atoms with Crippen LogP contribution < -0.4 is 11.5 Å². The molecule has 0 spiro atoms. The quantitative estimate of drug-likeness (QED) is 0.809. The first-order valence-electron chi connectivity index (χ1n) is 6.91. The Bertz CT molecular complexity index is 538. The fraction of sp³-hybridized carbons (Fsp3) is 0.467. The summed E-state index contributed by atoms with van der Waals surface area (Å²) in [5, 5.41) is 0. The molecule has 0 aromatic heterocycles. The average Bonchev–Trinajstić information content (AvgIpc) is 3.24. The Morgan fingerprint density at radius 3 is 2.38 bits per heavy atom. The Kier molecular flexibility index (Phi) is 4.68. The third-order valence-electron chi connectivity index (χ3n) is 3.81. The zero-order valence-electron chi connectivity index (χ0n) is 12.0. The third-order valence-corrected chi connectivity index (χ3v) is 4.34. The van der Waals surface area contributed by atoms with E-state index in [1.165, 1.54) is 4.90 Å². The van der Waals surface area contributed by atoms with E-state index < -0.39 is 11.4 Å². The minimum atomic E-state index is -0.926.